The molecule has 1 aromatic carbocycles. The van der Waals surface area contributed by atoms with Gasteiger partial charge in [0.1, 0.15) is 11.4 Å². The average Bonchev–Trinajstić information content (AvgIpc) is 3.44. The maximum atomic E-state index is 12.5. The Bertz CT molecular complexity index is 988. The molecule has 1 fully saturated rings. The SMILES string of the molecule is COc1ccc2nc(SCC(=O)c3c[nH]c(C(=O)N4CCCC4)c3)[nH]c2c1. The molecular weight excluding hydrogens is 364 g/mol. The number of H-pyrrole nitrogens is 2. The second kappa shape index (κ2) is 7.48. The van der Waals surface area contributed by atoms with Gasteiger partial charge in [-0.3, -0.25) is 9.59 Å². The smallest absolute Gasteiger partial charge is 0.270 e. The molecule has 0 unspecified atom stereocenters. The van der Waals surface area contributed by atoms with Crippen molar-refractivity contribution in [2.24, 2.45) is 0 Å². The number of imidazole rings is 1. The highest BCUT2D eigenvalue weighted by Gasteiger charge is 2.21. The van der Waals surface area contributed by atoms with E-state index < -0.39 is 0 Å². The Hall–Kier alpha value is -2.74. The van der Waals surface area contributed by atoms with Crippen molar-refractivity contribution in [2.45, 2.75) is 18.0 Å². The summed E-state index contributed by atoms with van der Waals surface area (Å²) in [6.07, 6.45) is 3.69. The van der Waals surface area contributed by atoms with Gasteiger partial charge in [-0.1, -0.05) is 11.8 Å². The molecule has 0 aliphatic carbocycles. The van der Waals surface area contributed by atoms with Crippen molar-refractivity contribution in [1.82, 2.24) is 19.9 Å². The number of hydrogen-bond donors (Lipinski definition) is 2. The highest BCUT2D eigenvalue weighted by atomic mass is 32.2. The monoisotopic (exact) mass is 384 g/mol. The minimum absolute atomic E-state index is 0.0366. The van der Waals surface area contributed by atoms with E-state index in [0.29, 0.717) is 16.4 Å². The normalized spacial score (nSPS) is 14.0. The number of methoxy groups -OCH3 is 1. The average molecular weight is 384 g/mol. The van der Waals surface area contributed by atoms with E-state index in [9.17, 15) is 9.59 Å². The lowest BCUT2D eigenvalue weighted by molar-refractivity contribution is 0.0787. The molecule has 27 heavy (non-hydrogen) atoms. The maximum absolute atomic E-state index is 12.5. The molecule has 1 saturated heterocycles. The molecule has 1 aliphatic heterocycles. The number of rotatable bonds is 6. The lowest BCUT2D eigenvalue weighted by Crippen LogP contribution is -2.27. The Kier molecular flexibility index (Phi) is 4.89. The number of ketones is 1. The van der Waals surface area contributed by atoms with Crippen molar-refractivity contribution in [1.29, 1.82) is 0 Å². The fraction of sp³-hybridized carbons (Fsp3) is 0.316. The maximum Gasteiger partial charge on any atom is 0.270 e. The topological polar surface area (TPSA) is 91.1 Å². The number of ether oxygens (including phenoxy) is 1. The van der Waals surface area contributed by atoms with Crippen molar-refractivity contribution in [3.05, 3.63) is 41.7 Å². The lowest BCUT2D eigenvalue weighted by Gasteiger charge is -2.13. The number of carbonyl (C=O) groups excluding carboxylic acids is 2. The molecule has 7 nitrogen and oxygen atoms in total. The van der Waals surface area contributed by atoms with Crippen LogP contribution in [0.5, 0.6) is 5.75 Å². The predicted octanol–water partition coefficient (Wildman–Crippen LogP) is 3.11. The van der Waals surface area contributed by atoms with Crippen LogP contribution in [0, 0.1) is 0 Å². The molecule has 8 heteroatoms. The number of amides is 1. The van der Waals surface area contributed by atoms with Gasteiger partial charge in [-0.2, -0.15) is 0 Å². The van der Waals surface area contributed by atoms with Gasteiger partial charge in [0.15, 0.2) is 10.9 Å². The van der Waals surface area contributed by atoms with E-state index in [2.05, 4.69) is 15.0 Å². The third-order valence-corrected chi connectivity index (χ3v) is 5.51. The van der Waals surface area contributed by atoms with Crippen molar-refractivity contribution >= 4 is 34.5 Å². The highest BCUT2D eigenvalue weighted by molar-refractivity contribution is 7.99. The number of nitrogens with one attached hydrogen (secondary N) is 2. The van der Waals surface area contributed by atoms with Crippen LogP contribution in [0.4, 0.5) is 0 Å². The summed E-state index contributed by atoms with van der Waals surface area (Å²) in [5.74, 6) is 0.910. The van der Waals surface area contributed by atoms with Crippen LogP contribution in [0.15, 0.2) is 35.6 Å². The molecular formula is C19H20N4O3S. The first kappa shape index (κ1) is 17.7. The molecule has 0 bridgehead atoms. The Balaban J connectivity index is 1.40. The number of aromatic amines is 2. The van der Waals surface area contributed by atoms with Crippen LogP contribution in [-0.4, -0.2) is 57.5 Å². The van der Waals surface area contributed by atoms with Crippen LogP contribution in [0.3, 0.4) is 0 Å². The molecule has 0 radical (unpaired) electrons. The molecule has 3 heterocycles. The van der Waals surface area contributed by atoms with Crippen molar-refractivity contribution < 1.29 is 14.3 Å². The first-order valence-electron chi connectivity index (χ1n) is 8.81. The standard InChI is InChI=1S/C19H20N4O3S/c1-26-13-4-5-14-15(9-13)22-19(21-14)27-11-17(24)12-8-16(20-10-12)18(25)23-6-2-3-7-23/h4-5,8-10,20H,2-3,6-7,11H2,1H3,(H,21,22). The molecule has 140 valence electrons. The summed E-state index contributed by atoms with van der Waals surface area (Å²) in [5.41, 5.74) is 2.68. The summed E-state index contributed by atoms with van der Waals surface area (Å²) in [7, 11) is 1.62. The summed E-state index contributed by atoms with van der Waals surface area (Å²) in [4.78, 5) is 37.2. The van der Waals surface area contributed by atoms with Crippen LogP contribution < -0.4 is 4.74 Å². The minimum Gasteiger partial charge on any atom is -0.497 e. The van der Waals surface area contributed by atoms with Gasteiger partial charge >= 0.3 is 0 Å². The van der Waals surface area contributed by atoms with E-state index in [1.165, 1.54) is 11.8 Å². The molecule has 2 aromatic heterocycles. The Morgan fingerprint density at radius 3 is 2.85 bits per heavy atom. The Morgan fingerprint density at radius 1 is 1.26 bits per heavy atom. The zero-order valence-electron chi connectivity index (χ0n) is 14.9. The van der Waals surface area contributed by atoms with E-state index >= 15 is 0 Å². The predicted molar refractivity (Wildman–Crippen MR) is 104 cm³/mol. The molecule has 0 spiro atoms. The molecule has 0 atom stereocenters. The van der Waals surface area contributed by atoms with Gasteiger partial charge in [0.2, 0.25) is 0 Å². The van der Waals surface area contributed by atoms with Crippen molar-refractivity contribution in [2.75, 3.05) is 26.0 Å². The van der Waals surface area contributed by atoms with E-state index in [-0.39, 0.29) is 17.4 Å². The third-order valence-electron chi connectivity index (χ3n) is 4.64. The van der Waals surface area contributed by atoms with Gasteiger partial charge < -0.3 is 19.6 Å². The second-order valence-corrected chi connectivity index (χ2v) is 7.40. The third kappa shape index (κ3) is 3.71. The van der Waals surface area contributed by atoms with E-state index in [0.717, 1.165) is 42.7 Å². The Morgan fingerprint density at radius 2 is 2.07 bits per heavy atom. The number of Topliss-reactive ketones (excluding diaryl/α,β-unsaturated/α-hetero) is 1. The zero-order chi connectivity index (χ0) is 18.8. The van der Waals surface area contributed by atoms with E-state index in [4.69, 9.17) is 4.74 Å². The van der Waals surface area contributed by atoms with Gasteiger partial charge in [0.05, 0.1) is 23.9 Å². The van der Waals surface area contributed by atoms with Crippen molar-refractivity contribution in [3.63, 3.8) is 0 Å². The summed E-state index contributed by atoms with van der Waals surface area (Å²) >= 11 is 1.34. The Labute approximate surface area is 160 Å². The first-order valence-corrected chi connectivity index (χ1v) is 9.80. The number of thioether (sulfide) groups is 1. The number of fused-ring (bicyclic) bond motifs is 1. The summed E-state index contributed by atoms with van der Waals surface area (Å²) < 4.78 is 5.20. The molecule has 3 aromatic rings. The largest absolute Gasteiger partial charge is 0.497 e. The molecule has 1 aliphatic rings. The quantitative estimate of drug-likeness (QED) is 0.503. The fourth-order valence-corrected chi connectivity index (χ4v) is 3.93. The van der Waals surface area contributed by atoms with Gasteiger partial charge in [-0.05, 0) is 31.0 Å². The number of aromatic nitrogens is 3. The minimum atomic E-state index is -0.0465. The van der Waals surface area contributed by atoms with Gasteiger partial charge in [-0.15, -0.1) is 0 Å². The lowest BCUT2D eigenvalue weighted by atomic mass is 10.2. The highest BCUT2D eigenvalue weighted by Crippen LogP contribution is 2.24. The van der Waals surface area contributed by atoms with E-state index in [1.54, 1.807) is 19.4 Å². The van der Waals surface area contributed by atoms with Gasteiger partial charge in [-0.25, -0.2) is 4.98 Å². The van der Waals surface area contributed by atoms with Crippen LogP contribution >= 0.6 is 11.8 Å². The molecule has 2 N–H and O–H groups in total. The fourth-order valence-electron chi connectivity index (χ4n) is 3.15. The number of benzene rings is 1. The molecule has 1 amide bonds. The zero-order valence-corrected chi connectivity index (χ0v) is 15.8. The summed E-state index contributed by atoms with van der Waals surface area (Å²) in [6, 6.07) is 7.24. The van der Waals surface area contributed by atoms with Crippen LogP contribution in [0.25, 0.3) is 11.0 Å². The van der Waals surface area contributed by atoms with Crippen LogP contribution in [-0.2, 0) is 0 Å². The molecule has 0 saturated carbocycles. The second-order valence-electron chi connectivity index (χ2n) is 6.44. The van der Waals surface area contributed by atoms with Crippen molar-refractivity contribution in [3.8, 4) is 5.75 Å². The summed E-state index contributed by atoms with van der Waals surface area (Å²) in [6.45, 7) is 1.57. The van der Waals surface area contributed by atoms with E-state index in [1.807, 2.05) is 23.1 Å². The summed E-state index contributed by atoms with van der Waals surface area (Å²) in [5, 5.41) is 0.676. The number of nitrogens with zero attached hydrogens (tertiary/aromatic N) is 2. The number of likely N-dealkylation sites (tertiary alicyclic amines) is 1. The van der Waals surface area contributed by atoms with Gasteiger partial charge in [0.25, 0.3) is 5.91 Å². The molecule has 4 rings (SSSR count). The van der Waals surface area contributed by atoms with Crippen LogP contribution in [0.1, 0.15) is 33.7 Å². The van der Waals surface area contributed by atoms with Crippen LogP contribution in [0.2, 0.25) is 0 Å². The van der Waals surface area contributed by atoms with Gasteiger partial charge in [0, 0.05) is 30.9 Å². The number of carbonyl (C=O) groups is 2. The first-order chi connectivity index (χ1) is 13.1. The number of hydrogen-bond acceptors (Lipinski definition) is 5.